The summed E-state index contributed by atoms with van der Waals surface area (Å²) < 4.78 is 46.0. The lowest BCUT2D eigenvalue weighted by Gasteiger charge is -2.34. The molecule has 0 radical (unpaired) electrons. The van der Waals surface area contributed by atoms with Crippen molar-refractivity contribution in [1.82, 2.24) is 10.2 Å². The third kappa shape index (κ3) is 9.06. The van der Waals surface area contributed by atoms with Crippen LogP contribution in [0, 0.1) is 0 Å². The van der Waals surface area contributed by atoms with Crippen LogP contribution in [-0.2, 0) is 26.2 Å². The van der Waals surface area contributed by atoms with Crippen LogP contribution in [0.15, 0.2) is 65.6 Å². The molecule has 0 bridgehead atoms. The summed E-state index contributed by atoms with van der Waals surface area (Å²) in [5.41, 5.74) is 0.868. The number of nitrogens with zero attached hydrogens (tertiary/aromatic N) is 2. The van der Waals surface area contributed by atoms with Gasteiger partial charge in [0.25, 0.3) is 10.0 Å². The Hall–Kier alpha value is -3.67. The monoisotopic (exact) mass is 719 g/mol. The Morgan fingerprint density at radius 3 is 2.19 bits per heavy atom. The molecule has 1 fully saturated rings. The first-order valence-corrected chi connectivity index (χ1v) is 18.2. The summed E-state index contributed by atoms with van der Waals surface area (Å²) in [6.07, 6.45) is 5.23. The van der Waals surface area contributed by atoms with Crippen LogP contribution in [0.5, 0.6) is 17.2 Å². The molecule has 0 spiro atoms. The number of rotatable bonds is 15. The van der Waals surface area contributed by atoms with Gasteiger partial charge in [-0.25, -0.2) is 8.42 Å². The van der Waals surface area contributed by atoms with Gasteiger partial charge in [0.2, 0.25) is 11.8 Å². The maximum atomic E-state index is 14.5. The highest BCUT2D eigenvalue weighted by molar-refractivity contribution is 7.92. The highest BCUT2D eigenvalue weighted by atomic mass is 35.5. The van der Waals surface area contributed by atoms with E-state index >= 15 is 0 Å². The predicted molar refractivity (Wildman–Crippen MR) is 188 cm³/mol. The first-order valence-electron chi connectivity index (χ1n) is 16.0. The fraction of sp³-hybridized carbons (Fsp3) is 0.429. The molecule has 0 saturated heterocycles. The number of hydrogen-bond donors (Lipinski definition) is 1. The Bertz CT molecular complexity index is 1670. The number of nitrogens with one attached hydrogen (secondary N) is 1. The quantitative estimate of drug-likeness (QED) is 0.183. The summed E-state index contributed by atoms with van der Waals surface area (Å²) in [4.78, 5) is 29.6. The van der Waals surface area contributed by atoms with Crippen molar-refractivity contribution in [3.8, 4) is 17.2 Å². The molecule has 3 aromatic carbocycles. The Kier molecular flexibility index (Phi) is 13.3. The van der Waals surface area contributed by atoms with Gasteiger partial charge in [-0.2, -0.15) is 0 Å². The van der Waals surface area contributed by atoms with Crippen LogP contribution in [0.2, 0.25) is 10.0 Å². The number of methoxy groups -OCH3 is 2. The number of hydrogen-bond acceptors (Lipinski definition) is 7. The normalized spacial score (nSPS) is 14.1. The van der Waals surface area contributed by atoms with E-state index in [1.54, 1.807) is 42.5 Å². The lowest BCUT2D eigenvalue weighted by atomic mass is 9.95. The number of carbonyl (C=O) groups excluding carboxylic acids is 2. The summed E-state index contributed by atoms with van der Waals surface area (Å²) in [7, 11) is -1.49. The molecule has 3 aromatic rings. The molecule has 48 heavy (non-hydrogen) atoms. The fourth-order valence-electron chi connectivity index (χ4n) is 5.81. The SMILES string of the molecule is CCOc1ccc(N(CC(=O)N(Cc2ccc(Cl)c(Cl)c2)[C@@H](CC)C(=O)NC2CCCCC2)S(=O)(=O)c2ccc(OC)c(OC)c2)cc1. The van der Waals surface area contributed by atoms with Crippen molar-refractivity contribution in [1.29, 1.82) is 0 Å². The van der Waals surface area contributed by atoms with E-state index in [1.807, 2.05) is 13.8 Å². The first kappa shape index (κ1) is 37.2. The summed E-state index contributed by atoms with van der Waals surface area (Å²) in [6, 6.07) is 14.8. The van der Waals surface area contributed by atoms with Crippen molar-refractivity contribution >= 4 is 50.7 Å². The van der Waals surface area contributed by atoms with Gasteiger partial charge in [0.1, 0.15) is 18.3 Å². The molecule has 0 aromatic heterocycles. The standard InChI is InChI=1S/C35H43Cl2N3O7S/c1-5-31(35(42)38-25-10-8-7-9-11-25)39(22-24-12-18-29(36)30(37)20-24)34(41)23-40(26-13-15-27(16-14-26)47-6-2)48(43,44)28-17-19-32(45-3)33(21-28)46-4/h12-21,25,31H,5-11,22-23H2,1-4H3,(H,38,42)/t31-/m0/s1. The van der Waals surface area contributed by atoms with E-state index < -0.39 is 28.5 Å². The zero-order chi connectivity index (χ0) is 34.8. The van der Waals surface area contributed by atoms with Crippen LogP contribution in [0.3, 0.4) is 0 Å². The zero-order valence-corrected chi connectivity index (χ0v) is 30.0. The number of ether oxygens (including phenoxy) is 3. The van der Waals surface area contributed by atoms with Crippen molar-refractivity contribution in [2.24, 2.45) is 0 Å². The molecule has 1 N–H and O–H groups in total. The van der Waals surface area contributed by atoms with Gasteiger partial charge in [0.15, 0.2) is 11.5 Å². The van der Waals surface area contributed by atoms with Crippen LogP contribution in [0.1, 0.15) is 57.9 Å². The van der Waals surface area contributed by atoms with Crippen LogP contribution in [0.25, 0.3) is 0 Å². The van der Waals surface area contributed by atoms with Gasteiger partial charge in [0.05, 0.1) is 41.5 Å². The number of amides is 2. The third-order valence-electron chi connectivity index (χ3n) is 8.33. The topological polar surface area (TPSA) is 114 Å². The molecular formula is C35H43Cl2N3O7S. The first-order chi connectivity index (χ1) is 23.0. The second-order valence-electron chi connectivity index (χ2n) is 11.5. The summed E-state index contributed by atoms with van der Waals surface area (Å²) in [5, 5.41) is 3.79. The Labute approximate surface area is 293 Å². The zero-order valence-electron chi connectivity index (χ0n) is 27.7. The highest BCUT2D eigenvalue weighted by Crippen LogP contribution is 2.33. The van der Waals surface area contributed by atoms with E-state index in [4.69, 9.17) is 37.4 Å². The molecule has 1 aliphatic rings. The van der Waals surface area contributed by atoms with Crippen molar-refractivity contribution in [2.45, 2.75) is 75.9 Å². The largest absolute Gasteiger partial charge is 0.494 e. The van der Waals surface area contributed by atoms with Crippen LogP contribution in [0.4, 0.5) is 5.69 Å². The second kappa shape index (κ2) is 17.1. The smallest absolute Gasteiger partial charge is 0.264 e. The number of halogens is 2. The minimum absolute atomic E-state index is 0.000159. The Balaban J connectivity index is 1.76. The van der Waals surface area contributed by atoms with Crippen molar-refractivity contribution in [2.75, 3.05) is 31.7 Å². The Morgan fingerprint density at radius 2 is 1.58 bits per heavy atom. The molecule has 2 amide bonds. The van der Waals surface area contributed by atoms with E-state index in [1.165, 1.54) is 37.3 Å². The average Bonchev–Trinajstić information content (AvgIpc) is 3.09. The third-order valence-corrected chi connectivity index (χ3v) is 10.8. The lowest BCUT2D eigenvalue weighted by molar-refractivity contribution is -0.140. The maximum absolute atomic E-state index is 14.5. The van der Waals surface area contributed by atoms with Gasteiger partial charge in [-0.15, -0.1) is 0 Å². The molecule has 13 heteroatoms. The van der Waals surface area contributed by atoms with Crippen LogP contribution in [-0.4, -0.2) is 64.6 Å². The summed E-state index contributed by atoms with van der Waals surface area (Å²) in [6.45, 7) is 3.50. The van der Waals surface area contributed by atoms with Gasteiger partial charge in [0, 0.05) is 18.7 Å². The molecule has 1 saturated carbocycles. The summed E-state index contributed by atoms with van der Waals surface area (Å²) >= 11 is 12.5. The molecule has 10 nitrogen and oxygen atoms in total. The van der Waals surface area contributed by atoms with Crippen LogP contribution >= 0.6 is 23.2 Å². The number of anilines is 1. The van der Waals surface area contributed by atoms with Gasteiger partial charge in [-0.1, -0.05) is 55.5 Å². The minimum Gasteiger partial charge on any atom is -0.494 e. The van der Waals surface area contributed by atoms with E-state index in [9.17, 15) is 18.0 Å². The van der Waals surface area contributed by atoms with E-state index in [0.29, 0.717) is 40.1 Å². The van der Waals surface area contributed by atoms with Crippen molar-refractivity contribution in [3.05, 3.63) is 76.3 Å². The molecule has 0 aliphatic heterocycles. The molecule has 1 aliphatic carbocycles. The number of carbonyl (C=O) groups is 2. The second-order valence-corrected chi connectivity index (χ2v) is 14.2. The van der Waals surface area contributed by atoms with E-state index in [0.717, 1.165) is 36.4 Å². The molecule has 1 atom stereocenters. The van der Waals surface area contributed by atoms with E-state index in [2.05, 4.69) is 5.32 Å². The molecular weight excluding hydrogens is 677 g/mol. The van der Waals surface area contributed by atoms with Gasteiger partial charge >= 0.3 is 0 Å². The molecule has 260 valence electrons. The molecule has 0 unspecified atom stereocenters. The van der Waals surface area contributed by atoms with Crippen LogP contribution < -0.4 is 23.8 Å². The van der Waals surface area contributed by atoms with Gasteiger partial charge < -0.3 is 24.4 Å². The number of benzene rings is 3. The predicted octanol–water partition coefficient (Wildman–Crippen LogP) is 6.86. The average molecular weight is 721 g/mol. The molecule has 0 heterocycles. The molecule has 4 rings (SSSR count). The summed E-state index contributed by atoms with van der Waals surface area (Å²) in [5.74, 6) is 0.242. The van der Waals surface area contributed by atoms with Gasteiger partial charge in [-0.05, 0) is 80.3 Å². The lowest BCUT2D eigenvalue weighted by Crippen LogP contribution is -2.54. The van der Waals surface area contributed by atoms with E-state index in [-0.39, 0.29) is 34.8 Å². The van der Waals surface area contributed by atoms with Crippen molar-refractivity contribution in [3.63, 3.8) is 0 Å². The fourth-order valence-corrected chi connectivity index (χ4v) is 7.56. The Morgan fingerprint density at radius 1 is 0.896 bits per heavy atom. The van der Waals surface area contributed by atoms with Crippen molar-refractivity contribution < 1.29 is 32.2 Å². The highest BCUT2D eigenvalue weighted by Gasteiger charge is 2.35. The maximum Gasteiger partial charge on any atom is 0.264 e. The van der Waals surface area contributed by atoms with Gasteiger partial charge in [-0.3, -0.25) is 13.9 Å². The minimum atomic E-state index is -4.36. The number of sulfonamides is 1.